The molecule has 0 aliphatic rings. The average molecular weight is 298 g/mol. The van der Waals surface area contributed by atoms with E-state index in [-0.39, 0.29) is 19.5 Å². The number of nitriles is 4. The van der Waals surface area contributed by atoms with Gasteiger partial charge in [0.2, 0.25) is 0 Å². The number of rotatable bonds is 0. The van der Waals surface area contributed by atoms with Crippen molar-refractivity contribution in [2.45, 2.75) is 0 Å². The van der Waals surface area contributed by atoms with Gasteiger partial charge < -0.3 is 50.5 Å². The van der Waals surface area contributed by atoms with Crippen LogP contribution in [0.4, 0.5) is 0 Å². The standard InChI is InChI=1S/4CHNS.Zn/c4*2-1-3;/h4*3H;/p-4. The number of thiocyanates is 4. The van der Waals surface area contributed by atoms with Gasteiger partial charge in [-0.1, -0.05) is 21.6 Å². The van der Waals surface area contributed by atoms with Crippen molar-refractivity contribution in [2.75, 3.05) is 0 Å². The van der Waals surface area contributed by atoms with Crippen LogP contribution in [0, 0.1) is 42.7 Å². The van der Waals surface area contributed by atoms with Crippen LogP contribution >= 0.6 is 0 Å². The summed E-state index contributed by atoms with van der Waals surface area (Å²) in [4.78, 5) is 0. The minimum atomic E-state index is 0. The predicted molar refractivity (Wildman–Crippen MR) is 51.9 cm³/mol. The van der Waals surface area contributed by atoms with Crippen molar-refractivity contribution in [3.63, 3.8) is 0 Å². The van der Waals surface area contributed by atoms with E-state index in [0.29, 0.717) is 0 Å². The molecule has 0 spiro atoms. The minimum absolute atomic E-state index is 0. The van der Waals surface area contributed by atoms with E-state index in [4.69, 9.17) is 21.0 Å². The summed E-state index contributed by atoms with van der Waals surface area (Å²) < 4.78 is 0. The van der Waals surface area contributed by atoms with Gasteiger partial charge in [-0.2, -0.15) is 0 Å². The summed E-state index contributed by atoms with van der Waals surface area (Å²) in [6, 6.07) is 0. The molecule has 9 heteroatoms. The second-order valence-corrected chi connectivity index (χ2v) is 1.10. The van der Waals surface area contributed by atoms with E-state index in [2.05, 4.69) is 50.5 Å². The fraction of sp³-hybridized carbons (Fsp3) is 0. The molecule has 0 saturated carbocycles. The van der Waals surface area contributed by atoms with Gasteiger partial charge in [-0.15, -0.1) is 0 Å². The van der Waals surface area contributed by atoms with E-state index in [1.165, 1.54) is 21.6 Å². The van der Waals surface area contributed by atoms with Crippen molar-refractivity contribution < 1.29 is 19.5 Å². The molecule has 0 aliphatic carbocycles. The first-order valence-corrected chi connectivity index (χ1v) is 3.34. The topological polar surface area (TPSA) is 95.2 Å². The van der Waals surface area contributed by atoms with E-state index in [1.54, 1.807) is 0 Å². The molecule has 13 heavy (non-hydrogen) atoms. The molecule has 0 aliphatic heterocycles. The average Bonchev–Trinajstić information content (AvgIpc) is 1.92. The van der Waals surface area contributed by atoms with Gasteiger partial charge in [0, 0.05) is 19.5 Å². The molecule has 0 rings (SSSR count). The van der Waals surface area contributed by atoms with Crippen LogP contribution in [-0.2, 0) is 70.0 Å². The van der Waals surface area contributed by atoms with Crippen molar-refractivity contribution in [3.8, 4) is 21.6 Å². The Labute approximate surface area is 112 Å². The van der Waals surface area contributed by atoms with Gasteiger partial charge in [0.15, 0.2) is 0 Å². The van der Waals surface area contributed by atoms with Crippen molar-refractivity contribution in [3.05, 3.63) is 0 Å². The summed E-state index contributed by atoms with van der Waals surface area (Å²) in [5.74, 6) is 0. The molecule has 0 aromatic heterocycles. The molecule has 0 unspecified atom stereocenters. The van der Waals surface area contributed by atoms with Crippen LogP contribution in [0.1, 0.15) is 0 Å². The summed E-state index contributed by atoms with van der Waals surface area (Å²) >= 11 is 14.8. The van der Waals surface area contributed by atoms with E-state index < -0.39 is 0 Å². The van der Waals surface area contributed by atoms with Crippen molar-refractivity contribution in [2.24, 2.45) is 0 Å². The molecule has 0 N–H and O–H groups in total. The largest absolute Gasteiger partial charge is 0.696 e. The quantitative estimate of drug-likeness (QED) is 0.352. The molecule has 0 heterocycles. The van der Waals surface area contributed by atoms with Crippen LogP contribution in [0.5, 0.6) is 0 Å². The molecule has 0 radical (unpaired) electrons. The Morgan fingerprint density at radius 2 is 0.538 bits per heavy atom. The van der Waals surface area contributed by atoms with Gasteiger partial charge in [-0.3, -0.25) is 0 Å². The van der Waals surface area contributed by atoms with Gasteiger partial charge in [-0.05, 0) is 0 Å². The zero-order valence-corrected chi connectivity index (χ0v) is 12.4. The molecular formula is C4N4S4Zn-4. The molecule has 66 valence electrons. The molecule has 0 atom stereocenters. The Kier molecular flexibility index (Phi) is 237. The Morgan fingerprint density at radius 1 is 0.538 bits per heavy atom. The first kappa shape index (κ1) is 29.4. The van der Waals surface area contributed by atoms with Crippen LogP contribution < -0.4 is 0 Å². The third-order valence-electron chi connectivity index (χ3n) is 0. The van der Waals surface area contributed by atoms with Gasteiger partial charge in [0.1, 0.15) is 0 Å². The first-order chi connectivity index (χ1) is 5.66. The number of hydrogen-bond acceptors (Lipinski definition) is 8. The minimum Gasteiger partial charge on any atom is -0.696 e. The maximum absolute atomic E-state index is 7.13. The molecule has 0 saturated heterocycles. The summed E-state index contributed by atoms with van der Waals surface area (Å²) in [5, 5.41) is 33.9. The van der Waals surface area contributed by atoms with Crippen molar-refractivity contribution >= 4 is 50.5 Å². The number of nitrogens with zero attached hydrogens (tertiary/aromatic N) is 4. The summed E-state index contributed by atoms with van der Waals surface area (Å²) in [5.41, 5.74) is 0. The fourth-order valence-corrected chi connectivity index (χ4v) is 0. The third kappa shape index (κ3) is 3570. The second-order valence-electron chi connectivity index (χ2n) is 0.365. The molecular weight excluding hydrogens is 298 g/mol. The van der Waals surface area contributed by atoms with E-state index >= 15 is 0 Å². The normalized spacial score (nSPS) is 2.15. The fourth-order valence-electron chi connectivity index (χ4n) is 0. The molecule has 0 bridgehead atoms. The Morgan fingerprint density at radius 3 is 0.538 bits per heavy atom. The number of hydrogen-bond donors (Lipinski definition) is 0. The monoisotopic (exact) mass is 296 g/mol. The third-order valence-corrected chi connectivity index (χ3v) is 0. The van der Waals surface area contributed by atoms with Crippen molar-refractivity contribution in [1.29, 1.82) is 21.0 Å². The predicted octanol–water partition coefficient (Wildman–Crippen LogP) is 0.0550. The molecule has 0 aromatic rings. The van der Waals surface area contributed by atoms with Gasteiger partial charge in [0.25, 0.3) is 0 Å². The second kappa shape index (κ2) is 105. The molecule has 0 fully saturated rings. The van der Waals surface area contributed by atoms with Crippen LogP contribution in [0.15, 0.2) is 0 Å². The SMILES string of the molecule is N#C[S-].N#C[S-].N#C[S-].N#C[S-].[Zn]. The summed E-state index contributed by atoms with van der Waals surface area (Å²) in [7, 11) is 0. The summed E-state index contributed by atoms with van der Waals surface area (Å²) in [6.45, 7) is 0. The molecule has 4 nitrogen and oxygen atoms in total. The Balaban J connectivity index is -0.0000000213. The smallest absolute Gasteiger partial charge is 0 e. The van der Waals surface area contributed by atoms with Gasteiger partial charge >= 0.3 is 0 Å². The zero-order chi connectivity index (χ0) is 10.8. The van der Waals surface area contributed by atoms with E-state index in [0.717, 1.165) is 0 Å². The van der Waals surface area contributed by atoms with E-state index in [1.807, 2.05) is 0 Å². The molecule has 0 aromatic carbocycles. The van der Waals surface area contributed by atoms with Crippen molar-refractivity contribution in [1.82, 2.24) is 0 Å². The maximum atomic E-state index is 7.13. The zero-order valence-electron chi connectivity index (χ0n) is 6.13. The van der Waals surface area contributed by atoms with Crippen LogP contribution in [0.2, 0.25) is 0 Å². The van der Waals surface area contributed by atoms with Crippen LogP contribution in [-0.4, -0.2) is 0 Å². The maximum Gasteiger partial charge on any atom is 0 e. The van der Waals surface area contributed by atoms with Gasteiger partial charge in [-0.25, -0.2) is 21.0 Å². The Hall–Kier alpha value is -0.537. The Bertz CT molecular complexity index is 158. The molecule has 0 amide bonds. The van der Waals surface area contributed by atoms with E-state index in [9.17, 15) is 0 Å². The van der Waals surface area contributed by atoms with Crippen LogP contribution in [0.3, 0.4) is 0 Å². The van der Waals surface area contributed by atoms with Crippen LogP contribution in [0.25, 0.3) is 0 Å². The summed E-state index contributed by atoms with van der Waals surface area (Å²) in [6.07, 6.45) is 0. The first-order valence-electron chi connectivity index (χ1n) is 1.71. The van der Waals surface area contributed by atoms with Gasteiger partial charge in [0.05, 0.1) is 0 Å².